The Labute approximate surface area is 216 Å². The molecule has 0 aliphatic rings. The maximum atomic E-state index is 13.0. The van der Waals surface area contributed by atoms with Crippen molar-refractivity contribution in [1.29, 1.82) is 5.26 Å². The van der Waals surface area contributed by atoms with Crippen LogP contribution in [-0.2, 0) is 20.6 Å². The third kappa shape index (κ3) is 7.58. The second-order valence-electron chi connectivity index (χ2n) is 7.32. The lowest BCUT2D eigenvalue weighted by atomic mass is 10.00. The summed E-state index contributed by atoms with van der Waals surface area (Å²) in [4.78, 5) is 24.4. The molecule has 0 aliphatic heterocycles. The van der Waals surface area contributed by atoms with Gasteiger partial charge in [0.15, 0.2) is 16.1 Å². The van der Waals surface area contributed by atoms with Crippen LogP contribution in [0.1, 0.15) is 24.5 Å². The lowest BCUT2D eigenvalue weighted by Gasteiger charge is -2.20. The topological polar surface area (TPSA) is 120 Å². The average Bonchev–Trinajstić information content (AvgIpc) is 3.36. The van der Waals surface area contributed by atoms with Crippen molar-refractivity contribution < 1.29 is 18.5 Å². The number of methoxy groups -OCH3 is 1. The van der Waals surface area contributed by atoms with Crippen LogP contribution in [0.15, 0.2) is 51.6 Å². The van der Waals surface area contributed by atoms with Crippen molar-refractivity contribution in [3.05, 3.63) is 58.5 Å². The van der Waals surface area contributed by atoms with Crippen LogP contribution in [-0.4, -0.2) is 28.6 Å². The first-order valence-corrected chi connectivity index (χ1v) is 12.9. The number of hydrogen-bond acceptors (Lipinski definition) is 7. The molecule has 0 saturated heterocycles. The van der Waals surface area contributed by atoms with Gasteiger partial charge >= 0.3 is 0 Å². The van der Waals surface area contributed by atoms with E-state index in [1.54, 1.807) is 44.2 Å². The number of ether oxygens (including phenoxy) is 1. The molecular formula is C24H26N4O4S3. The molecule has 8 nitrogen and oxygen atoms in total. The van der Waals surface area contributed by atoms with Crippen LogP contribution >= 0.6 is 23.6 Å². The van der Waals surface area contributed by atoms with Gasteiger partial charge in [-0.25, -0.2) is 4.21 Å². The summed E-state index contributed by atoms with van der Waals surface area (Å²) in [5, 5.41) is 16.5. The Morgan fingerprint density at radius 3 is 2.71 bits per heavy atom. The molecule has 184 valence electrons. The Bertz CT molecular complexity index is 1210. The minimum atomic E-state index is -1.49. The molecule has 11 heteroatoms. The lowest BCUT2D eigenvalue weighted by Crippen LogP contribution is -2.30. The maximum Gasteiger partial charge on any atom is 0.252 e. The summed E-state index contributed by atoms with van der Waals surface area (Å²) < 4.78 is 21.3. The molecule has 0 spiro atoms. The summed E-state index contributed by atoms with van der Waals surface area (Å²) in [5.74, 6) is -0.638. The number of aryl methyl sites for hydroxylation is 1. The summed E-state index contributed by atoms with van der Waals surface area (Å²) in [6.07, 6.45) is 5.60. The highest BCUT2D eigenvalue weighted by Crippen LogP contribution is 2.37. The van der Waals surface area contributed by atoms with Crippen molar-refractivity contribution in [2.75, 3.05) is 17.7 Å². The molecule has 1 heterocycles. The van der Waals surface area contributed by atoms with Gasteiger partial charge in [-0.05, 0) is 49.1 Å². The van der Waals surface area contributed by atoms with Gasteiger partial charge in [-0.1, -0.05) is 31.2 Å². The molecule has 2 atom stereocenters. The summed E-state index contributed by atoms with van der Waals surface area (Å²) in [6, 6.07) is 7.28. The van der Waals surface area contributed by atoms with E-state index in [0.717, 1.165) is 5.56 Å². The van der Waals surface area contributed by atoms with E-state index in [1.807, 2.05) is 18.4 Å². The highest BCUT2D eigenvalue weighted by atomic mass is 32.2. The summed E-state index contributed by atoms with van der Waals surface area (Å²) in [5.41, 5.74) is 2.69. The second-order valence-corrected chi connectivity index (χ2v) is 10.1. The minimum absolute atomic E-state index is 0.153. The number of thiophene rings is 1. The van der Waals surface area contributed by atoms with E-state index in [1.165, 1.54) is 24.5 Å². The number of allylic oxidation sites excluding steroid dienone is 3. The van der Waals surface area contributed by atoms with Gasteiger partial charge in [0.2, 0.25) is 0 Å². The molecule has 1 aromatic carbocycles. The van der Waals surface area contributed by atoms with Crippen LogP contribution < -0.4 is 20.1 Å². The Morgan fingerprint density at radius 2 is 2.11 bits per heavy atom. The van der Waals surface area contributed by atoms with Crippen LogP contribution in [0.5, 0.6) is 5.75 Å². The quantitative estimate of drug-likeness (QED) is 0.178. The Hall–Kier alpha value is -3.33. The number of hydrogen-bond donors (Lipinski definition) is 3. The third-order valence-electron chi connectivity index (χ3n) is 4.85. The molecule has 2 rings (SSSR count). The SMILES string of the molecule is COc1c(NC(=S)NS(=O)c2cccs2)cc(C)c(NC(=O)/C(=C/C=C\CC#N)C(C)C=O)c1C. The average molecular weight is 531 g/mol. The highest BCUT2D eigenvalue weighted by molar-refractivity contribution is 7.88. The zero-order valence-corrected chi connectivity index (χ0v) is 22.2. The van der Waals surface area contributed by atoms with Gasteiger partial charge in [-0.3, -0.25) is 9.52 Å². The van der Waals surface area contributed by atoms with Gasteiger partial charge in [-0.15, -0.1) is 11.3 Å². The molecule has 0 radical (unpaired) electrons. The number of benzene rings is 1. The van der Waals surface area contributed by atoms with Gasteiger partial charge in [0.1, 0.15) is 16.2 Å². The first-order valence-electron chi connectivity index (χ1n) is 10.4. The first-order chi connectivity index (χ1) is 16.7. The number of nitriles is 1. The van der Waals surface area contributed by atoms with E-state index in [2.05, 4.69) is 15.4 Å². The molecule has 1 aromatic heterocycles. The van der Waals surface area contributed by atoms with Crippen LogP contribution in [0.4, 0.5) is 11.4 Å². The van der Waals surface area contributed by atoms with Crippen LogP contribution in [0.25, 0.3) is 0 Å². The van der Waals surface area contributed by atoms with Crippen molar-refractivity contribution in [2.45, 2.75) is 31.4 Å². The van der Waals surface area contributed by atoms with Crippen molar-refractivity contribution in [3.8, 4) is 11.8 Å². The van der Waals surface area contributed by atoms with E-state index in [-0.39, 0.29) is 17.1 Å². The predicted octanol–water partition coefficient (Wildman–Crippen LogP) is 4.55. The van der Waals surface area contributed by atoms with Crippen molar-refractivity contribution in [1.82, 2.24) is 4.72 Å². The van der Waals surface area contributed by atoms with Crippen molar-refractivity contribution in [3.63, 3.8) is 0 Å². The number of nitrogens with one attached hydrogen (secondary N) is 3. The first kappa shape index (κ1) is 27.9. The standard InChI is InChI=1S/C24H26N4O4S3/c1-15-13-19(26-24(33)28-35(31)20-10-8-12-34-20)22(32-4)17(3)21(15)27-23(30)18(16(2)14-29)9-6-5-7-11-25/h5-6,8-10,12-14,16H,7H2,1-4H3,(H,27,30)(H2,26,28,33)/b6-5-,18-9+. The number of aldehydes is 1. The molecule has 0 fully saturated rings. The van der Waals surface area contributed by atoms with E-state index in [9.17, 15) is 13.8 Å². The maximum absolute atomic E-state index is 13.0. The number of thiocarbonyl (C=S) groups is 1. The minimum Gasteiger partial charge on any atom is -0.494 e. The number of nitrogens with zero attached hydrogens (tertiary/aromatic N) is 1. The van der Waals surface area contributed by atoms with E-state index in [4.69, 9.17) is 22.2 Å². The van der Waals surface area contributed by atoms with Gasteiger partial charge in [0.05, 0.1) is 31.0 Å². The Balaban J connectivity index is 2.28. The molecule has 0 saturated carbocycles. The summed E-state index contributed by atoms with van der Waals surface area (Å²) in [7, 11) is 0.000628. The van der Waals surface area contributed by atoms with Gasteiger partial charge in [0.25, 0.3) is 5.91 Å². The van der Waals surface area contributed by atoms with Crippen molar-refractivity contribution >= 4 is 63.2 Å². The Kier molecular flexibility index (Phi) is 10.8. The Morgan fingerprint density at radius 1 is 1.37 bits per heavy atom. The normalized spacial score (nSPS) is 12.9. The molecule has 1 amide bonds. The van der Waals surface area contributed by atoms with Crippen LogP contribution in [0, 0.1) is 31.1 Å². The molecule has 2 unspecified atom stereocenters. The van der Waals surface area contributed by atoms with E-state index in [0.29, 0.717) is 33.2 Å². The molecule has 2 aromatic rings. The summed E-state index contributed by atoms with van der Waals surface area (Å²) >= 11 is 6.67. The molecule has 0 bridgehead atoms. The van der Waals surface area contributed by atoms with Gasteiger partial charge in [-0.2, -0.15) is 5.26 Å². The molecule has 0 aliphatic carbocycles. The predicted molar refractivity (Wildman–Crippen MR) is 144 cm³/mol. The van der Waals surface area contributed by atoms with Gasteiger partial charge in [0, 0.05) is 17.1 Å². The van der Waals surface area contributed by atoms with Gasteiger partial charge < -0.3 is 20.2 Å². The number of carbonyl (C=O) groups is 2. The van der Waals surface area contributed by atoms with Crippen molar-refractivity contribution in [2.24, 2.45) is 5.92 Å². The van der Waals surface area contributed by atoms with E-state index < -0.39 is 22.8 Å². The largest absolute Gasteiger partial charge is 0.494 e. The number of rotatable bonds is 10. The zero-order chi connectivity index (χ0) is 26.0. The van der Waals surface area contributed by atoms with E-state index >= 15 is 0 Å². The fourth-order valence-corrected chi connectivity index (χ4v) is 5.10. The molecular weight excluding hydrogens is 504 g/mol. The number of amides is 1. The fourth-order valence-electron chi connectivity index (χ4n) is 3.15. The lowest BCUT2D eigenvalue weighted by molar-refractivity contribution is -0.116. The highest BCUT2D eigenvalue weighted by Gasteiger charge is 2.21. The monoisotopic (exact) mass is 530 g/mol. The third-order valence-corrected chi connectivity index (χ3v) is 7.48. The number of carbonyl (C=O) groups excluding carboxylic acids is 2. The van der Waals surface area contributed by atoms with Crippen LogP contribution in [0.2, 0.25) is 0 Å². The second kappa shape index (κ2) is 13.5. The molecule has 3 N–H and O–H groups in total. The zero-order valence-electron chi connectivity index (χ0n) is 19.7. The fraction of sp³-hybridized carbons (Fsp3) is 0.250. The van der Waals surface area contributed by atoms with Crippen LogP contribution in [0.3, 0.4) is 0 Å². The smallest absolute Gasteiger partial charge is 0.252 e. The summed E-state index contributed by atoms with van der Waals surface area (Å²) in [6.45, 7) is 5.22. The molecule has 35 heavy (non-hydrogen) atoms. The number of anilines is 2.